The van der Waals surface area contributed by atoms with E-state index < -0.39 is 124 Å². The van der Waals surface area contributed by atoms with E-state index in [9.17, 15) is 61.0 Å². The first-order valence-corrected chi connectivity index (χ1v) is 33.9. The van der Waals surface area contributed by atoms with Crippen molar-refractivity contribution in [2.45, 2.75) is 285 Å². The first kappa shape index (κ1) is 81.2. The lowest BCUT2D eigenvalue weighted by Crippen LogP contribution is -2.66. The molecule has 0 bridgehead atoms. The largest absolute Gasteiger partial charge is 0.394 e. The standard InChI is InChI=1S/C72H117NO18/c1-3-5-7-9-11-12-13-14-15-16-17-18-19-20-21-22-23-24-25-26-27-28-29-30-31-32-33-34-35-36-37-38-39-40-41-42-44-46-48-50-60(78)73-55(56(77)49-47-45-43-10-8-6-4-2)54-86-70-66(84)63(81)68(58(52-75)88-70)91-72-67(85)64(82)69(59(53-76)89-72)90-71-65(83)62(80)61(79)57(51-74)87-71/h5,7,11-12,14-15,17-18,20-21,23-24,26-27,29-30,32-33,35-36,47,49,55-59,61-72,74-77,79-85H,3-4,6,8-10,13,16,19,22,25,28,31,34,37-46,48,50-54H2,1-2H3,(H,73,78)/b7-5-,12-11-,15-14-,18-17-,21-20-,24-23-,27-26-,30-29-,33-32-,36-35-,49-47+. The Morgan fingerprint density at radius 3 is 1.19 bits per heavy atom. The molecule has 19 heteroatoms. The van der Waals surface area contributed by atoms with Gasteiger partial charge in [-0.1, -0.05) is 212 Å². The van der Waals surface area contributed by atoms with Crippen molar-refractivity contribution >= 4 is 5.91 Å². The predicted molar refractivity (Wildman–Crippen MR) is 355 cm³/mol. The van der Waals surface area contributed by atoms with Gasteiger partial charge in [-0.2, -0.15) is 0 Å². The van der Waals surface area contributed by atoms with Crippen LogP contribution in [0, 0.1) is 0 Å². The maximum atomic E-state index is 13.3. The second-order valence-corrected chi connectivity index (χ2v) is 23.6. The summed E-state index contributed by atoms with van der Waals surface area (Å²) in [5, 5.41) is 120. The maximum absolute atomic E-state index is 13.3. The summed E-state index contributed by atoms with van der Waals surface area (Å²) in [4.78, 5) is 13.3. The molecule has 3 aliphatic heterocycles. The quantitative estimate of drug-likeness (QED) is 0.0200. The number of aliphatic hydroxyl groups is 11. The molecule has 3 fully saturated rings. The number of carbonyl (C=O) groups excluding carboxylic acids is 1. The molecule has 0 aromatic heterocycles. The molecule has 0 aromatic carbocycles. The van der Waals surface area contributed by atoms with Gasteiger partial charge in [-0.05, 0) is 96.3 Å². The van der Waals surface area contributed by atoms with E-state index >= 15 is 0 Å². The number of carbonyl (C=O) groups is 1. The molecule has 3 heterocycles. The van der Waals surface area contributed by atoms with Gasteiger partial charge < -0.3 is 89.9 Å². The number of nitrogens with one attached hydrogen (secondary N) is 1. The van der Waals surface area contributed by atoms with Crippen LogP contribution < -0.4 is 5.32 Å². The van der Waals surface area contributed by atoms with E-state index in [2.05, 4.69) is 141 Å². The van der Waals surface area contributed by atoms with Gasteiger partial charge in [0.2, 0.25) is 5.91 Å². The van der Waals surface area contributed by atoms with E-state index in [1.807, 2.05) is 6.08 Å². The molecular formula is C72H117NO18. The lowest BCUT2D eigenvalue weighted by atomic mass is 9.96. The third kappa shape index (κ3) is 34.3. The molecule has 1 amide bonds. The van der Waals surface area contributed by atoms with Crippen LogP contribution >= 0.6 is 0 Å². The highest BCUT2D eigenvalue weighted by molar-refractivity contribution is 5.76. The highest BCUT2D eigenvalue weighted by Crippen LogP contribution is 2.33. The van der Waals surface area contributed by atoms with Gasteiger partial charge in [-0.15, -0.1) is 0 Å². The minimum Gasteiger partial charge on any atom is -0.394 e. The zero-order valence-corrected chi connectivity index (χ0v) is 54.5. The summed E-state index contributed by atoms with van der Waals surface area (Å²) in [6.45, 7) is 1.50. The summed E-state index contributed by atoms with van der Waals surface area (Å²) >= 11 is 0. The molecule has 0 aliphatic carbocycles. The number of amides is 1. The second kappa shape index (κ2) is 52.2. The summed E-state index contributed by atoms with van der Waals surface area (Å²) in [6.07, 6.45) is 46.3. The molecule has 19 nitrogen and oxygen atoms in total. The van der Waals surface area contributed by atoms with E-state index in [0.29, 0.717) is 6.42 Å². The van der Waals surface area contributed by atoms with Crippen molar-refractivity contribution in [2.24, 2.45) is 0 Å². The summed E-state index contributed by atoms with van der Waals surface area (Å²) in [5.41, 5.74) is 0. The number of unbranched alkanes of at least 4 members (excludes halogenated alkanes) is 13. The molecule has 0 aromatic rings. The number of rotatable bonds is 49. The lowest BCUT2D eigenvalue weighted by Gasteiger charge is -2.48. The van der Waals surface area contributed by atoms with E-state index in [1.165, 1.54) is 6.42 Å². The number of hydrogen-bond acceptors (Lipinski definition) is 18. The molecule has 12 N–H and O–H groups in total. The van der Waals surface area contributed by atoms with Gasteiger partial charge in [-0.25, -0.2) is 0 Å². The number of aliphatic hydroxyl groups excluding tert-OH is 11. The van der Waals surface area contributed by atoms with Gasteiger partial charge in [0, 0.05) is 6.42 Å². The van der Waals surface area contributed by atoms with Crippen molar-refractivity contribution in [3.05, 3.63) is 134 Å². The minimum atomic E-state index is -1.98. The fourth-order valence-corrected chi connectivity index (χ4v) is 10.5. The highest BCUT2D eigenvalue weighted by atomic mass is 16.8. The van der Waals surface area contributed by atoms with E-state index in [4.69, 9.17) is 28.4 Å². The molecular weight excluding hydrogens is 1170 g/mol. The fourth-order valence-electron chi connectivity index (χ4n) is 10.5. The smallest absolute Gasteiger partial charge is 0.220 e. The van der Waals surface area contributed by atoms with Crippen LogP contribution in [0.25, 0.3) is 0 Å². The van der Waals surface area contributed by atoms with Crippen molar-refractivity contribution in [2.75, 3.05) is 26.4 Å². The van der Waals surface area contributed by atoms with Gasteiger partial charge in [-0.3, -0.25) is 4.79 Å². The Morgan fingerprint density at radius 1 is 0.407 bits per heavy atom. The van der Waals surface area contributed by atoms with Gasteiger partial charge in [0.25, 0.3) is 0 Å². The van der Waals surface area contributed by atoms with Gasteiger partial charge in [0.1, 0.15) is 73.2 Å². The van der Waals surface area contributed by atoms with Crippen molar-refractivity contribution in [1.82, 2.24) is 5.32 Å². The van der Waals surface area contributed by atoms with Crippen LogP contribution in [-0.4, -0.2) is 193 Å². The topological polar surface area (TPSA) is 307 Å². The van der Waals surface area contributed by atoms with Crippen LogP contribution in [0.5, 0.6) is 0 Å². The summed E-state index contributed by atoms with van der Waals surface area (Å²) in [6, 6.07) is -0.984. The molecule has 0 saturated carbocycles. The molecule has 0 radical (unpaired) electrons. The number of allylic oxidation sites excluding steroid dienone is 21. The Morgan fingerprint density at radius 2 is 0.758 bits per heavy atom. The number of ether oxygens (including phenoxy) is 6. The normalized spacial score (nSPS) is 28.7. The average molecular weight is 1280 g/mol. The van der Waals surface area contributed by atoms with Crippen molar-refractivity contribution in [3.8, 4) is 0 Å². The SMILES string of the molecule is CC/C=C\C/C=C\C/C=C\C/C=C\C/C=C\C/C=C\C/C=C\C/C=C\C/C=C\C/C=C\CCCCCCCCCCC(=O)NC(COC1OC(CO)C(OC2OC(CO)C(OC3OC(CO)C(O)C(O)C3O)C(O)C2O)C(O)C1O)C(O)/C=C/CCCCCCC. The zero-order valence-electron chi connectivity index (χ0n) is 54.5. The van der Waals surface area contributed by atoms with E-state index in [1.54, 1.807) is 6.08 Å². The van der Waals surface area contributed by atoms with Crippen molar-refractivity contribution in [1.29, 1.82) is 0 Å². The van der Waals surface area contributed by atoms with E-state index in [0.717, 1.165) is 148 Å². The Balaban J connectivity index is 1.30. The molecule has 3 aliphatic rings. The number of hydrogen-bond donors (Lipinski definition) is 12. The average Bonchev–Trinajstić information content (AvgIpc) is 1.40. The van der Waals surface area contributed by atoms with Gasteiger partial charge in [0.05, 0.1) is 38.6 Å². The highest BCUT2D eigenvalue weighted by Gasteiger charge is 2.53. The summed E-state index contributed by atoms with van der Waals surface area (Å²) in [7, 11) is 0. The van der Waals surface area contributed by atoms with Gasteiger partial charge in [0.15, 0.2) is 18.9 Å². The van der Waals surface area contributed by atoms with Crippen LogP contribution in [0.4, 0.5) is 0 Å². The Hall–Kier alpha value is -4.07. The molecule has 17 atom stereocenters. The molecule has 17 unspecified atom stereocenters. The van der Waals surface area contributed by atoms with Crippen LogP contribution in [0.3, 0.4) is 0 Å². The summed E-state index contributed by atoms with van der Waals surface area (Å²) in [5.74, 6) is -0.296. The zero-order chi connectivity index (χ0) is 66.1. The predicted octanol–water partition coefficient (Wildman–Crippen LogP) is 8.60. The first-order valence-electron chi connectivity index (χ1n) is 33.9. The Labute approximate surface area is 543 Å². The van der Waals surface area contributed by atoms with Crippen molar-refractivity contribution < 1.29 is 89.4 Å². The maximum Gasteiger partial charge on any atom is 0.220 e. The van der Waals surface area contributed by atoms with Crippen LogP contribution in [0.15, 0.2) is 134 Å². The molecule has 0 spiro atoms. The Bertz CT molecular complexity index is 2170. The van der Waals surface area contributed by atoms with Crippen LogP contribution in [0.2, 0.25) is 0 Å². The van der Waals surface area contributed by atoms with Crippen LogP contribution in [-0.2, 0) is 33.2 Å². The minimum absolute atomic E-state index is 0.224. The van der Waals surface area contributed by atoms with Crippen molar-refractivity contribution in [3.63, 3.8) is 0 Å². The first-order chi connectivity index (χ1) is 44.3. The van der Waals surface area contributed by atoms with Crippen LogP contribution in [0.1, 0.15) is 181 Å². The molecule has 3 saturated heterocycles. The monoisotopic (exact) mass is 1280 g/mol. The third-order valence-corrected chi connectivity index (χ3v) is 16.0. The summed E-state index contributed by atoms with van der Waals surface area (Å²) < 4.78 is 34.2. The lowest BCUT2D eigenvalue weighted by molar-refractivity contribution is -0.379. The van der Waals surface area contributed by atoms with Gasteiger partial charge >= 0.3 is 0 Å². The second-order valence-electron chi connectivity index (χ2n) is 23.6. The third-order valence-electron chi connectivity index (χ3n) is 16.0. The Kier molecular flexibility index (Phi) is 46.6. The molecule has 518 valence electrons. The molecule has 91 heavy (non-hydrogen) atoms. The molecule has 3 rings (SSSR count). The van der Waals surface area contributed by atoms with E-state index in [-0.39, 0.29) is 18.9 Å². The fraction of sp³-hybridized carbons (Fsp3) is 0.681.